The van der Waals surface area contributed by atoms with E-state index in [0.29, 0.717) is 0 Å². The number of fused-ring (bicyclic) bond motifs is 14. The molecule has 12 rings (SSSR count). The molecule has 0 amide bonds. The molecule has 0 bridgehead atoms. The fourth-order valence-corrected chi connectivity index (χ4v) is 10.6. The van der Waals surface area contributed by atoms with Gasteiger partial charge in [-0.25, -0.2) is 0 Å². The van der Waals surface area contributed by atoms with Gasteiger partial charge in [0.05, 0.1) is 10.8 Å². The van der Waals surface area contributed by atoms with Crippen LogP contribution in [0.3, 0.4) is 0 Å². The maximum absolute atomic E-state index is 6.93. The molecule has 1 spiro atoms. The second-order valence-corrected chi connectivity index (χ2v) is 15.1. The lowest BCUT2D eigenvalue weighted by atomic mass is 9.64. The molecular formula is C54H34O. The van der Waals surface area contributed by atoms with Gasteiger partial charge in [-0.1, -0.05) is 188 Å². The van der Waals surface area contributed by atoms with Crippen molar-refractivity contribution in [2.24, 2.45) is 0 Å². The summed E-state index contributed by atoms with van der Waals surface area (Å²) in [6, 6.07) is 76.3. The Balaban J connectivity index is 1.20. The monoisotopic (exact) mass is 698 g/mol. The maximum Gasteiger partial charge on any atom is 0.132 e. The highest BCUT2D eigenvalue weighted by atomic mass is 16.5. The number of benzene rings is 9. The third-order valence-corrected chi connectivity index (χ3v) is 12.6. The molecule has 1 heterocycles. The SMILES string of the molecule is c1ccc(C2(c3ccccc3)c3cc(-c4cccc5c4C4(c6ccccc6O5)c5ccccc5-c5ccccc54)ccc3-c3ccc4ccccc4c32)cc1. The number of rotatable bonds is 3. The molecular weight excluding hydrogens is 665 g/mol. The predicted molar refractivity (Wildman–Crippen MR) is 224 cm³/mol. The number of para-hydroxylation sites is 1. The summed E-state index contributed by atoms with van der Waals surface area (Å²) in [5, 5.41) is 2.53. The van der Waals surface area contributed by atoms with Crippen molar-refractivity contribution in [1.82, 2.24) is 0 Å². The van der Waals surface area contributed by atoms with Crippen LogP contribution in [-0.4, -0.2) is 0 Å². The molecule has 0 radical (unpaired) electrons. The van der Waals surface area contributed by atoms with Crippen LogP contribution < -0.4 is 4.74 Å². The Kier molecular flexibility index (Phi) is 6.25. The molecule has 9 aromatic carbocycles. The second kappa shape index (κ2) is 11.3. The fourth-order valence-electron chi connectivity index (χ4n) is 10.6. The predicted octanol–water partition coefficient (Wildman–Crippen LogP) is 13.3. The minimum atomic E-state index is -0.567. The van der Waals surface area contributed by atoms with E-state index in [9.17, 15) is 0 Å². The number of ether oxygens (including phenoxy) is 1. The van der Waals surface area contributed by atoms with Crippen molar-refractivity contribution >= 4 is 10.8 Å². The molecule has 0 fully saturated rings. The van der Waals surface area contributed by atoms with Gasteiger partial charge in [-0.2, -0.15) is 0 Å². The van der Waals surface area contributed by atoms with Gasteiger partial charge in [0.1, 0.15) is 11.5 Å². The van der Waals surface area contributed by atoms with Crippen molar-refractivity contribution in [1.29, 1.82) is 0 Å². The van der Waals surface area contributed by atoms with Crippen LogP contribution in [0.25, 0.3) is 44.2 Å². The van der Waals surface area contributed by atoms with Gasteiger partial charge in [0, 0.05) is 11.1 Å². The maximum atomic E-state index is 6.93. The molecule has 9 aromatic rings. The normalized spacial score (nSPS) is 14.6. The van der Waals surface area contributed by atoms with Crippen molar-refractivity contribution in [2.75, 3.05) is 0 Å². The van der Waals surface area contributed by atoms with Crippen molar-refractivity contribution in [3.05, 3.63) is 251 Å². The van der Waals surface area contributed by atoms with Crippen LogP contribution in [0.15, 0.2) is 206 Å². The van der Waals surface area contributed by atoms with Crippen molar-refractivity contribution in [3.63, 3.8) is 0 Å². The van der Waals surface area contributed by atoms with Crippen LogP contribution in [0.1, 0.15) is 44.5 Å². The van der Waals surface area contributed by atoms with Crippen molar-refractivity contribution in [2.45, 2.75) is 10.8 Å². The zero-order valence-corrected chi connectivity index (χ0v) is 30.0. The Morgan fingerprint density at radius 1 is 0.309 bits per heavy atom. The van der Waals surface area contributed by atoms with Gasteiger partial charge in [0.25, 0.3) is 0 Å². The van der Waals surface area contributed by atoms with E-state index >= 15 is 0 Å². The van der Waals surface area contributed by atoms with E-state index in [-0.39, 0.29) is 0 Å². The van der Waals surface area contributed by atoms with E-state index in [2.05, 4.69) is 206 Å². The van der Waals surface area contributed by atoms with E-state index in [1.807, 2.05) is 0 Å². The Hall–Kier alpha value is -6.96. The summed E-state index contributed by atoms with van der Waals surface area (Å²) in [7, 11) is 0. The second-order valence-electron chi connectivity index (χ2n) is 15.1. The average Bonchev–Trinajstić information content (AvgIpc) is 3.73. The van der Waals surface area contributed by atoms with Gasteiger partial charge in [-0.05, 0) is 95.7 Å². The Labute approximate surface area is 320 Å². The largest absolute Gasteiger partial charge is 0.457 e. The molecule has 2 aliphatic carbocycles. The minimum absolute atomic E-state index is 0.549. The molecule has 1 heteroatoms. The molecule has 0 atom stereocenters. The van der Waals surface area contributed by atoms with Gasteiger partial charge in [-0.15, -0.1) is 0 Å². The summed E-state index contributed by atoms with van der Waals surface area (Å²) in [6.45, 7) is 0. The summed E-state index contributed by atoms with van der Waals surface area (Å²) >= 11 is 0. The highest BCUT2D eigenvalue weighted by Gasteiger charge is 2.53. The van der Waals surface area contributed by atoms with E-state index in [1.54, 1.807) is 0 Å². The molecule has 0 N–H and O–H groups in total. The van der Waals surface area contributed by atoms with Crippen LogP contribution in [0.5, 0.6) is 11.5 Å². The lowest BCUT2D eigenvalue weighted by Crippen LogP contribution is -2.33. The summed E-state index contributed by atoms with van der Waals surface area (Å²) in [5.41, 5.74) is 16.5. The van der Waals surface area contributed by atoms with Crippen LogP contribution in [-0.2, 0) is 10.8 Å². The molecule has 0 saturated carbocycles. The van der Waals surface area contributed by atoms with E-state index in [1.165, 1.54) is 88.7 Å². The summed E-state index contributed by atoms with van der Waals surface area (Å²) in [4.78, 5) is 0. The van der Waals surface area contributed by atoms with Gasteiger partial charge < -0.3 is 4.74 Å². The third kappa shape index (κ3) is 3.87. The summed E-state index contributed by atoms with van der Waals surface area (Å²) < 4.78 is 6.93. The molecule has 3 aliphatic rings. The molecule has 256 valence electrons. The summed E-state index contributed by atoms with van der Waals surface area (Å²) in [6.07, 6.45) is 0. The van der Waals surface area contributed by atoms with Crippen molar-refractivity contribution < 1.29 is 4.74 Å². The Morgan fingerprint density at radius 3 is 1.58 bits per heavy atom. The number of hydrogen-bond donors (Lipinski definition) is 0. The first-order chi connectivity index (χ1) is 27.3. The van der Waals surface area contributed by atoms with Crippen LogP contribution in [0.4, 0.5) is 0 Å². The Morgan fingerprint density at radius 2 is 0.855 bits per heavy atom. The van der Waals surface area contributed by atoms with E-state index < -0.39 is 10.8 Å². The quantitative estimate of drug-likeness (QED) is 0.178. The summed E-state index contributed by atoms with van der Waals surface area (Å²) in [5.74, 6) is 1.80. The van der Waals surface area contributed by atoms with Gasteiger partial charge in [0.15, 0.2) is 0 Å². The highest BCUT2D eigenvalue weighted by molar-refractivity contribution is 6.01. The van der Waals surface area contributed by atoms with Gasteiger partial charge in [0.2, 0.25) is 0 Å². The number of hydrogen-bond acceptors (Lipinski definition) is 1. The molecule has 0 aromatic heterocycles. The van der Waals surface area contributed by atoms with E-state index in [4.69, 9.17) is 4.74 Å². The molecule has 55 heavy (non-hydrogen) atoms. The van der Waals surface area contributed by atoms with E-state index in [0.717, 1.165) is 11.5 Å². The zero-order chi connectivity index (χ0) is 36.1. The molecule has 1 aliphatic heterocycles. The van der Waals surface area contributed by atoms with Crippen LogP contribution in [0, 0.1) is 0 Å². The fraction of sp³-hybridized carbons (Fsp3) is 0.0370. The zero-order valence-electron chi connectivity index (χ0n) is 30.0. The first-order valence-corrected chi connectivity index (χ1v) is 19.2. The standard InChI is InChI=1S/C54H34O/c1-3-17-37(18-4-1)53(38-19-5-2-6-20-38)48-34-36(31-32-43(48)44-33-30-35-16-7-8-21-39(35)51(44)53)40-24-15-29-50-52(40)54(47-27-13-14-28-49(47)55-50)45-25-11-9-22-41(45)42-23-10-12-26-46(42)54/h1-34H. The van der Waals surface area contributed by atoms with Gasteiger partial charge in [-0.3, -0.25) is 0 Å². The highest BCUT2D eigenvalue weighted by Crippen LogP contribution is 2.64. The van der Waals surface area contributed by atoms with Crippen LogP contribution in [0.2, 0.25) is 0 Å². The molecule has 0 unspecified atom stereocenters. The average molecular weight is 699 g/mol. The first-order valence-electron chi connectivity index (χ1n) is 19.2. The molecule has 1 nitrogen and oxygen atoms in total. The lowest BCUT2D eigenvalue weighted by molar-refractivity contribution is 0.437. The Bertz CT molecular complexity index is 2930. The van der Waals surface area contributed by atoms with Crippen molar-refractivity contribution in [3.8, 4) is 44.9 Å². The lowest BCUT2D eigenvalue weighted by Gasteiger charge is -2.41. The first kappa shape index (κ1) is 30.5. The smallest absolute Gasteiger partial charge is 0.132 e. The topological polar surface area (TPSA) is 9.23 Å². The van der Waals surface area contributed by atoms with Crippen LogP contribution >= 0.6 is 0 Å². The third-order valence-electron chi connectivity index (χ3n) is 12.6. The minimum Gasteiger partial charge on any atom is -0.457 e. The molecule has 0 saturated heterocycles. The van der Waals surface area contributed by atoms with Gasteiger partial charge >= 0.3 is 0 Å².